The van der Waals surface area contributed by atoms with Gasteiger partial charge >= 0.3 is 6.16 Å². The van der Waals surface area contributed by atoms with E-state index in [1.807, 2.05) is 0 Å². The van der Waals surface area contributed by atoms with E-state index in [0.29, 0.717) is 57.8 Å². The zero-order chi connectivity index (χ0) is 20.0. The minimum atomic E-state index is -0.742. The van der Waals surface area contributed by atoms with Crippen molar-refractivity contribution in [3.05, 3.63) is 12.7 Å². The van der Waals surface area contributed by atoms with Crippen molar-refractivity contribution in [1.29, 1.82) is 0 Å². The molecule has 0 bridgehead atoms. The third-order valence-corrected chi connectivity index (χ3v) is 3.62. The predicted octanol–water partition coefficient (Wildman–Crippen LogP) is 4.13. The lowest BCUT2D eigenvalue weighted by atomic mass is 10.0. The summed E-state index contributed by atoms with van der Waals surface area (Å²) in [6.07, 6.45) is 4.96. The molecule has 0 aliphatic rings. The van der Waals surface area contributed by atoms with Crippen molar-refractivity contribution >= 4 is 17.7 Å². The Bertz CT molecular complexity index is 450. The average Bonchev–Trinajstić information content (AvgIpc) is 2.52. The van der Waals surface area contributed by atoms with Gasteiger partial charge in [0.05, 0.1) is 0 Å². The van der Waals surface area contributed by atoms with Crippen LogP contribution in [0.1, 0.15) is 78.6 Å². The van der Waals surface area contributed by atoms with Gasteiger partial charge in [0.1, 0.15) is 23.3 Å². The van der Waals surface area contributed by atoms with Crippen molar-refractivity contribution in [3.8, 4) is 0 Å². The molecule has 150 valence electrons. The fourth-order valence-corrected chi connectivity index (χ4v) is 2.29. The molecular formula is C20H34O6. The third kappa shape index (κ3) is 14.6. The fourth-order valence-electron chi connectivity index (χ4n) is 2.29. The average molecular weight is 370 g/mol. The van der Waals surface area contributed by atoms with E-state index >= 15 is 0 Å². The summed E-state index contributed by atoms with van der Waals surface area (Å²) in [6.45, 7) is 9.01. The molecule has 1 unspecified atom stereocenters. The summed E-state index contributed by atoms with van der Waals surface area (Å²) in [5.74, 6) is 0.247. The number of hydrogen-bond donors (Lipinski definition) is 1. The van der Waals surface area contributed by atoms with Crippen LogP contribution in [-0.4, -0.2) is 41.1 Å². The normalized spacial score (nSPS) is 12.3. The number of carbonyl (C=O) groups is 3. The van der Waals surface area contributed by atoms with Gasteiger partial charge in [-0.25, -0.2) is 4.79 Å². The Morgan fingerprint density at radius 3 is 2.00 bits per heavy atom. The van der Waals surface area contributed by atoms with Crippen LogP contribution >= 0.6 is 0 Å². The number of aliphatic hydroxyl groups is 1. The molecular weight excluding hydrogens is 336 g/mol. The van der Waals surface area contributed by atoms with E-state index in [1.54, 1.807) is 20.8 Å². The summed E-state index contributed by atoms with van der Waals surface area (Å²) < 4.78 is 10.3. The number of ketones is 2. The van der Waals surface area contributed by atoms with Crippen LogP contribution in [0.25, 0.3) is 0 Å². The van der Waals surface area contributed by atoms with Gasteiger partial charge in [-0.1, -0.05) is 12.7 Å². The largest absolute Gasteiger partial charge is 0.509 e. The number of ether oxygens (including phenoxy) is 2. The van der Waals surface area contributed by atoms with Crippen LogP contribution in [0.3, 0.4) is 0 Å². The van der Waals surface area contributed by atoms with Crippen molar-refractivity contribution in [2.24, 2.45) is 0 Å². The summed E-state index contributed by atoms with van der Waals surface area (Å²) >= 11 is 0. The predicted molar refractivity (Wildman–Crippen MR) is 100.0 cm³/mol. The molecule has 0 amide bonds. The van der Waals surface area contributed by atoms with Gasteiger partial charge in [-0.3, -0.25) is 9.59 Å². The molecule has 1 N–H and O–H groups in total. The summed E-state index contributed by atoms with van der Waals surface area (Å²) in [4.78, 5) is 35.1. The first kappa shape index (κ1) is 24.3. The van der Waals surface area contributed by atoms with Crippen LogP contribution in [0.5, 0.6) is 0 Å². The molecule has 0 spiro atoms. The highest BCUT2D eigenvalue weighted by atomic mass is 16.7. The minimum absolute atomic E-state index is 0.105. The number of Topliss-reactive ketones (excluding diaryl/α,β-unsaturated/α-hetero) is 2. The molecule has 0 aliphatic carbocycles. The maximum atomic E-state index is 11.9. The molecule has 0 saturated heterocycles. The van der Waals surface area contributed by atoms with Gasteiger partial charge in [-0.2, -0.15) is 0 Å². The highest BCUT2D eigenvalue weighted by Gasteiger charge is 2.20. The number of aliphatic hydroxyl groups excluding tert-OH is 1. The fraction of sp³-hybridized carbons (Fsp3) is 0.750. The van der Waals surface area contributed by atoms with Crippen LogP contribution in [-0.2, 0) is 19.1 Å². The summed E-state index contributed by atoms with van der Waals surface area (Å²) in [6, 6.07) is 0. The van der Waals surface area contributed by atoms with E-state index in [2.05, 4.69) is 6.58 Å². The molecule has 0 radical (unpaired) electrons. The standard InChI is InChI=1S/C20H34O6/c1-5-18(25-19(24)26-20(2,3)4)14-9-13-17(23)12-8-11-16(22)10-6-7-15-21/h5,18,21H,1,6-15H2,2-4H3. The van der Waals surface area contributed by atoms with E-state index in [9.17, 15) is 14.4 Å². The Morgan fingerprint density at radius 1 is 0.962 bits per heavy atom. The monoisotopic (exact) mass is 370 g/mol. The highest BCUT2D eigenvalue weighted by Crippen LogP contribution is 2.13. The number of unbranched alkanes of at least 4 members (excludes halogenated alkanes) is 1. The van der Waals surface area contributed by atoms with Crippen molar-refractivity contribution in [1.82, 2.24) is 0 Å². The second-order valence-electron chi connectivity index (χ2n) is 7.36. The van der Waals surface area contributed by atoms with E-state index in [4.69, 9.17) is 14.6 Å². The second-order valence-corrected chi connectivity index (χ2v) is 7.36. The zero-order valence-corrected chi connectivity index (χ0v) is 16.4. The number of carbonyl (C=O) groups excluding carboxylic acids is 3. The quantitative estimate of drug-likeness (QED) is 0.281. The Hall–Kier alpha value is -1.69. The first-order valence-corrected chi connectivity index (χ1v) is 9.34. The molecule has 0 aliphatic heterocycles. The lowest BCUT2D eigenvalue weighted by Gasteiger charge is -2.21. The zero-order valence-electron chi connectivity index (χ0n) is 16.4. The SMILES string of the molecule is C=CC(CCCC(=O)CCCC(=O)CCCCO)OC(=O)OC(C)(C)C. The lowest BCUT2D eigenvalue weighted by molar-refractivity contribution is -0.120. The van der Waals surface area contributed by atoms with Crippen molar-refractivity contribution in [2.75, 3.05) is 6.61 Å². The molecule has 0 aromatic carbocycles. The summed E-state index contributed by atoms with van der Waals surface area (Å²) in [5.41, 5.74) is -0.617. The van der Waals surface area contributed by atoms with Crippen LogP contribution in [0.2, 0.25) is 0 Å². The molecule has 0 aromatic heterocycles. The molecule has 0 saturated carbocycles. The van der Waals surface area contributed by atoms with Crippen LogP contribution in [0.15, 0.2) is 12.7 Å². The van der Waals surface area contributed by atoms with Gasteiger partial charge < -0.3 is 14.6 Å². The lowest BCUT2D eigenvalue weighted by Crippen LogP contribution is -2.27. The van der Waals surface area contributed by atoms with Crippen LogP contribution < -0.4 is 0 Å². The molecule has 0 fully saturated rings. The van der Waals surface area contributed by atoms with Crippen LogP contribution in [0.4, 0.5) is 4.79 Å². The Kier molecular flexibility index (Phi) is 12.6. The Morgan fingerprint density at radius 2 is 1.50 bits per heavy atom. The summed E-state index contributed by atoms with van der Waals surface area (Å²) in [7, 11) is 0. The first-order chi connectivity index (χ1) is 12.2. The Labute approximate surface area is 156 Å². The van der Waals surface area contributed by atoms with Gasteiger partial charge in [0.2, 0.25) is 0 Å². The smallest absolute Gasteiger partial charge is 0.429 e. The number of rotatable bonds is 14. The molecule has 0 aromatic rings. The van der Waals surface area contributed by atoms with E-state index in [1.165, 1.54) is 6.08 Å². The minimum Gasteiger partial charge on any atom is -0.429 e. The van der Waals surface area contributed by atoms with E-state index in [0.717, 1.165) is 0 Å². The van der Waals surface area contributed by atoms with Gasteiger partial charge in [-0.05, 0) is 52.9 Å². The maximum absolute atomic E-state index is 11.9. The molecule has 0 heterocycles. The molecule has 1 atom stereocenters. The first-order valence-electron chi connectivity index (χ1n) is 9.34. The van der Waals surface area contributed by atoms with Gasteiger partial charge in [0, 0.05) is 32.3 Å². The second kappa shape index (κ2) is 13.5. The Balaban J connectivity index is 3.89. The summed E-state index contributed by atoms with van der Waals surface area (Å²) in [5, 5.41) is 8.67. The van der Waals surface area contributed by atoms with Crippen molar-refractivity contribution < 1.29 is 29.0 Å². The maximum Gasteiger partial charge on any atom is 0.509 e. The topological polar surface area (TPSA) is 89.9 Å². The van der Waals surface area contributed by atoms with Gasteiger partial charge in [0.25, 0.3) is 0 Å². The van der Waals surface area contributed by atoms with Gasteiger partial charge in [-0.15, -0.1) is 0 Å². The van der Waals surface area contributed by atoms with Gasteiger partial charge in [0.15, 0.2) is 0 Å². The highest BCUT2D eigenvalue weighted by molar-refractivity contribution is 5.81. The molecule has 6 nitrogen and oxygen atoms in total. The molecule has 0 rings (SSSR count). The van der Waals surface area contributed by atoms with E-state index in [-0.39, 0.29) is 18.2 Å². The van der Waals surface area contributed by atoms with Crippen LogP contribution in [0, 0.1) is 0 Å². The number of hydrogen-bond acceptors (Lipinski definition) is 6. The third-order valence-electron chi connectivity index (χ3n) is 3.62. The van der Waals surface area contributed by atoms with Crippen molar-refractivity contribution in [3.63, 3.8) is 0 Å². The molecule has 6 heteroatoms. The van der Waals surface area contributed by atoms with Crippen molar-refractivity contribution in [2.45, 2.75) is 90.3 Å². The van der Waals surface area contributed by atoms with E-state index < -0.39 is 17.9 Å². The molecule has 26 heavy (non-hydrogen) atoms.